The zero-order valence-electron chi connectivity index (χ0n) is 8.91. The minimum atomic E-state index is -1.18. The monoisotopic (exact) mass is 217 g/mol. The van der Waals surface area contributed by atoms with Crippen LogP contribution in [0.4, 0.5) is 0 Å². The van der Waals surface area contributed by atoms with Crippen LogP contribution in [0.3, 0.4) is 0 Å². The van der Waals surface area contributed by atoms with Gasteiger partial charge < -0.3 is 13.6 Å². The first-order valence-electron chi connectivity index (χ1n) is 4.40. The van der Waals surface area contributed by atoms with Crippen molar-refractivity contribution in [1.29, 1.82) is 0 Å². The number of hydrogen-bond donors (Lipinski definition) is 0. The molecule has 0 aromatic heterocycles. The number of rotatable bonds is 7. The third kappa shape index (κ3) is 5.90. The first-order chi connectivity index (χ1) is 6.63. The van der Waals surface area contributed by atoms with Crippen molar-refractivity contribution in [2.45, 2.75) is 25.5 Å². The summed E-state index contributed by atoms with van der Waals surface area (Å²) < 4.78 is 15.2. The highest BCUT2D eigenvalue weighted by Crippen LogP contribution is 2.06. The Kier molecular flexibility index (Phi) is 7.36. The van der Waals surface area contributed by atoms with E-state index in [9.17, 15) is 4.79 Å². The molecule has 0 aliphatic heterocycles. The molecule has 0 saturated carbocycles. The summed E-state index contributed by atoms with van der Waals surface area (Å²) >= 11 is 0. The number of carbonyl (C=O) groups is 1. The molecule has 0 heterocycles. The van der Waals surface area contributed by atoms with Crippen molar-refractivity contribution in [1.82, 2.24) is 0 Å². The molecular formula is C9H17O4Si. The van der Waals surface area contributed by atoms with E-state index in [0.717, 1.165) is 18.5 Å². The van der Waals surface area contributed by atoms with Crippen molar-refractivity contribution in [2.24, 2.45) is 0 Å². The molecule has 0 rings (SSSR count). The van der Waals surface area contributed by atoms with Crippen molar-refractivity contribution in [3.8, 4) is 0 Å². The van der Waals surface area contributed by atoms with E-state index in [1.54, 1.807) is 14.2 Å². The van der Waals surface area contributed by atoms with E-state index < -0.39 is 9.28 Å². The quantitative estimate of drug-likeness (QED) is 0.366. The molecule has 0 amide bonds. The number of ether oxygens (including phenoxy) is 1. The molecule has 0 aromatic rings. The van der Waals surface area contributed by atoms with E-state index in [4.69, 9.17) is 13.6 Å². The molecule has 0 spiro atoms. The lowest BCUT2D eigenvalue weighted by Gasteiger charge is -2.13. The van der Waals surface area contributed by atoms with Crippen molar-refractivity contribution in [3.05, 3.63) is 12.7 Å². The summed E-state index contributed by atoms with van der Waals surface area (Å²) in [7, 11) is 2.07. The Bertz CT molecular complexity index is 180. The second-order valence-electron chi connectivity index (χ2n) is 2.77. The van der Waals surface area contributed by atoms with Crippen molar-refractivity contribution >= 4 is 15.3 Å². The van der Waals surface area contributed by atoms with Gasteiger partial charge in [0, 0.05) is 20.3 Å². The van der Waals surface area contributed by atoms with Gasteiger partial charge in [0.15, 0.2) is 0 Å². The lowest BCUT2D eigenvalue weighted by molar-refractivity contribution is -0.142. The van der Waals surface area contributed by atoms with Gasteiger partial charge in [0.2, 0.25) is 0 Å². The second kappa shape index (κ2) is 7.72. The first kappa shape index (κ1) is 13.3. The SMILES string of the molecule is C=CC(=O)OC(C)CC[Si](OC)OC. The van der Waals surface area contributed by atoms with Gasteiger partial charge >= 0.3 is 15.3 Å². The molecule has 1 unspecified atom stereocenters. The minimum Gasteiger partial charge on any atom is -0.460 e. The Morgan fingerprint density at radius 2 is 2.07 bits per heavy atom. The zero-order chi connectivity index (χ0) is 11.0. The highest BCUT2D eigenvalue weighted by Gasteiger charge is 2.15. The Balaban J connectivity index is 3.66. The summed E-state index contributed by atoms with van der Waals surface area (Å²) in [4.78, 5) is 10.8. The average molecular weight is 217 g/mol. The van der Waals surface area contributed by atoms with Crippen LogP contribution in [0.2, 0.25) is 6.04 Å². The van der Waals surface area contributed by atoms with Crippen LogP contribution in [0.15, 0.2) is 12.7 Å². The van der Waals surface area contributed by atoms with Crippen molar-refractivity contribution in [2.75, 3.05) is 14.2 Å². The van der Waals surface area contributed by atoms with Crippen molar-refractivity contribution < 1.29 is 18.4 Å². The highest BCUT2D eigenvalue weighted by atomic mass is 28.3. The summed E-state index contributed by atoms with van der Waals surface area (Å²) in [5.41, 5.74) is 0. The topological polar surface area (TPSA) is 44.8 Å². The third-order valence-electron chi connectivity index (χ3n) is 1.69. The van der Waals surface area contributed by atoms with E-state index >= 15 is 0 Å². The van der Waals surface area contributed by atoms with E-state index in [2.05, 4.69) is 6.58 Å². The molecule has 0 saturated heterocycles. The fourth-order valence-electron chi connectivity index (χ4n) is 0.914. The van der Waals surface area contributed by atoms with Gasteiger partial charge in [-0.1, -0.05) is 6.58 Å². The van der Waals surface area contributed by atoms with Gasteiger partial charge in [-0.15, -0.1) is 0 Å². The molecule has 5 heteroatoms. The Morgan fingerprint density at radius 1 is 1.50 bits per heavy atom. The molecule has 0 bridgehead atoms. The molecule has 0 aromatic carbocycles. The highest BCUT2D eigenvalue weighted by molar-refractivity contribution is 6.44. The van der Waals surface area contributed by atoms with Crippen LogP contribution in [-0.4, -0.2) is 35.6 Å². The average Bonchev–Trinajstić information content (AvgIpc) is 2.19. The second-order valence-corrected chi connectivity index (χ2v) is 4.83. The van der Waals surface area contributed by atoms with E-state index in [1.165, 1.54) is 0 Å². The van der Waals surface area contributed by atoms with Crippen molar-refractivity contribution in [3.63, 3.8) is 0 Å². The van der Waals surface area contributed by atoms with Crippen LogP contribution in [0.5, 0.6) is 0 Å². The summed E-state index contributed by atoms with van der Waals surface area (Å²) in [5.74, 6) is -0.388. The molecule has 0 fully saturated rings. The van der Waals surface area contributed by atoms with Gasteiger partial charge in [0.1, 0.15) is 0 Å². The zero-order valence-corrected chi connectivity index (χ0v) is 9.91. The summed E-state index contributed by atoms with van der Waals surface area (Å²) in [6, 6.07) is 0.795. The van der Waals surface area contributed by atoms with Gasteiger partial charge in [0.05, 0.1) is 6.10 Å². The largest absolute Gasteiger partial charge is 0.460 e. The standard InChI is InChI=1S/C9H17O4Si/c1-5-9(10)13-8(2)6-7-14(11-3)12-4/h5,8H,1,6-7H2,2-4H3. The lowest BCUT2D eigenvalue weighted by atomic mass is 10.3. The molecule has 4 nitrogen and oxygen atoms in total. The van der Waals surface area contributed by atoms with E-state index in [-0.39, 0.29) is 12.1 Å². The van der Waals surface area contributed by atoms with Gasteiger partial charge in [-0.2, -0.15) is 0 Å². The maximum Gasteiger partial charge on any atom is 0.384 e. The molecule has 1 radical (unpaired) electrons. The van der Waals surface area contributed by atoms with Crippen LogP contribution in [0.1, 0.15) is 13.3 Å². The molecule has 0 N–H and O–H groups in total. The molecule has 0 aliphatic rings. The van der Waals surface area contributed by atoms with Gasteiger partial charge in [-0.05, 0) is 19.4 Å². The summed E-state index contributed by atoms with van der Waals surface area (Å²) in [6.45, 7) is 5.16. The number of esters is 1. The first-order valence-corrected chi connectivity index (χ1v) is 5.93. The maximum absolute atomic E-state index is 10.8. The number of hydrogen-bond acceptors (Lipinski definition) is 4. The van der Waals surface area contributed by atoms with Gasteiger partial charge in [0.25, 0.3) is 0 Å². The smallest absolute Gasteiger partial charge is 0.384 e. The maximum atomic E-state index is 10.8. The third-order valence-corrected chi connectivity index (χ3v) is 3.30. The molecule has 1 atom stereocenters. The normalized spacial score (nSPS) is 12.6. The fraction of sp³-hybridized carbons (Fsp3) is 0.667. The summed E-state index contributed by atoms with van der Waals surface area (Å²) in [6.07, 6.45) is 1.79. The Morgan fingerprint density at radius 3 is 2.50 bits per heavy atom. The van der Waals surface area contributed by atoms with Crippen LogP contribution in [-0.2, 0) is 18.4 Å². The summed E-state index contributed by atoms with van der Waals surface area (Å²) in [5, 5.41) is 0. The van der Waals surface area contributed by atoms with E-state index in [0.29, 0.717) is 0 Å². The fourth-order valence-corrected chi connectivity index (χ4v) is 2.13. The Hall–Kier alpha value is -0.653. The van der Waals surface area contributed by atoms with Crippen LogP contribution < -0.4 is 0 Å². The molecule has 0 aliphatic carbocycles. The molecular weight excluding hydrogens is 200 g/mol. The minimum absolute atomic E-state index is 0.120. The Labute approximate surface area is 86.7 Å². The van der Waals surface area contributed by atoms with Gasteiger partial charge in [-0.25, -0.2) is 4.79 Å². The van der Waals surface area contributed by atoms with Crippen LogP contribution in [0, 0.1) is 0 Å². The van der Waals surface area contributed by atoms with E-state index in [1.807, 2.05) is 6.92 Å². The molecule has 81 valence electrons. The predicted molar refractivity (Wildman–Crippen MR) is 54.9 cm³/mol. The lowest BCUT2D eigenvalue weighted by Crippen LogP contribution is -2.22. The van der Waals surface area contributed by atoms with Gasteiger partial charge in [-0.3, -0.25) is 0 Å². The predicted octanol–water partition coefficient (Wildman–Crippen LogP) is 1.28. The van der Waals surface area contributed by atoms with Crippen LogP contribution in [0.25, 0.3) is 0 Å². The molecule has 14 heavy (non-hydrogen) atoms. The number of carbonyl (C=O) groups excluding carboxylic acids is 1. The van der Waals surface area contributed by atoms with Crippen LogP contribution >= 0.6 is 0 Å².